The van der Waals surface area contributed by atoms with Crippen molar-refractivity contribution in [2.45, 2.75) is 25.3 Å². The number of aryl methyl sites for hydroxylation is 1. The Kier molecular flexibility index (Phi) is 5.30. The molecule has 0 spiro atoms. The van der Waals surface area contributed by atoms with Crippen molar-refractivity contribution in [2.24, 2.45) is 0 Å². The number of urea groups is 1. The van der Waals surface area contributed by atoms with Gasteiger partial charge in [0, 0.05) is 12.1 Å². The number of hydrogen-bond acceptors (Lipinski definition) is 6. The van der Waals surface area contributed by atoms with Crippen LogP contribution >= 0.6 is 0 Å². The first-order valence-electron chi connectivity index (χ1n) is 8.48. The highest BCUT2D eigenvalue weighted by atomic mass is 16.6. The maximum absolute atomic E-state index is 12.3. The smallest absolute Gasteiger partial charge is 0.322 e. The molecule has 10 heteroatoms. The van der Waals surface area contributed by atoms with E-state index in [4.69, 9.17) is 0 Å². The van der Waals surface area contributed by atoms with Crippen LogP contribution in [0.1, 0.15) is 40.4 Å². The van der Waals surface area contributed by atoms with Gasteiger partial charge < -0.3 is 5.32 Å². The molecule has 3 rings (SSSR count). The molecule has 2 aromatic carbocycles. The first-order valence-corrected chi connectivity index (χ1v) is 8.48. The van der Waals surface area contributed by atoms with E-state index in [1.807, 2.05) is 24.3 Å². The molecule has 1 unspecified atom stereocenters. The summed E-state index contributed by atoms with van der Waals surface area (Å²) in [6.45, 7) is 0. The molecule has 0 fully saturated rings. The van der Waals surface area contributed by atoms with E-state index >= 15 is 0 Å². The van der Waals surface area contributed by atoms with E-state index in [0.717, 1.165) is 42.2 Å². The molecule has 1 aliphatic rings. The number of rotatable bonds is 4. The van der Waals surface area contributed by atoms with E-state index in [1.165, 1.54) is 0 Å². The van der Waals surface area contributed by atoms with E-state index in [2.05, 4.69) is 10.6 Å². The van der Waals surface area contributed by atoms with Gasteiger partial charge in [0.2, 0.25) is 0 Å². The number of nitrogens with one attached hydrogen (secondary N) is 2. The molecule has 0 aromatic heterocycles. The fraction of sp³-hybridized carbons (Fsp3) is 0.222. The number of carbonyl (C=O) groups excluding carboxylic acids is 2. The van der Waals surface area contributed by atoms with Gasteiger partial charge in [-0.2, -0.15) is 0 Å². The first-order chi connectivity index (χ1) is 13.3. The van der Waals surface area contributed by atoms with Crippen molar-refractivity contribution < 1.29 is 19.4 Å². The second-order valence-corrected chi connectivity index (χ2v) is 6.32. The third-order valence-electron chi connectivity index (χ3n) is 4.49. The molecule has 0 heterocycles. The summed E-state index contributed by atoms with van der Waals surface area (Å²) in [5.74, 6) is -0.964. The molecule has 2 N–H and O–H groups in total. The molecular weight excluding hydrogens is 368 g/mol. The number of benzene rings is 2. The van der Waals surface area contributed by atoms with Crippen LogP contribution in [0, 0.1) is 20.2 Å². The fourth-order valence-corrected chi connectivity index (χ4v) is 3.21. The normalized spacial score (nSPS) is 15.2. The minimum absolute atomic E-state index is 0.266. The van der Waals surface area contributed by atoms with Crippen LogP contribution in [-0.2, 0) is 6.42 Å². The van der Waals surface area contributed by atoms with E-state index < -0.39 is 33.2 Å². The second-order valence-electron chi connectivity index (χ2n) is 6.32. The molecule has 0 saturated heterocycles. The second kappa shape index (κ2) is 7.82. The maximum atomic E-state index is 12.3. The average Bonchev–Trinajstić information content (AvgIpc) is 2.67. The molecular formula is C18H16N4O6. The maximum Gasteiger partial charge on any atom is 0.322 e. The number of nitrogens with zero attached hydrogens (tertiary/aromatic N) is 2. The van der Waals surface area contributed by atoms with E-state index in [-0.39, 0.29) is 11.6 Å². The van der Waals surface area contributed by atoms with Gasteiger partial charge in [-0.25, -0.2) is 4.79 Å². The number of nitro benzene ring substituents is 2. The standard InChI is InChI=1S/C18H16N4O6/c23-17(12-8-13(21(25)26)10-14(9-12)22(27)28)20-18(24)19-16-7-3-5-11-4-1-2-6-15(11)16/h1-2,4,6,8-10,16H,3,5,7H2,(H2,19,20,23,24). The van der Waals surface area contributed by atoms with Gasteiger partial charge in [-0.05, 0) is 30.4 Å². The van der Waals surface area contributed by atoms with Crippen molar-refractivity contribution in [3.8, 4) is 0 Å². The van der Waals surface area contributed by atoms with Crippen LogP contribution in [0.5, 0.6) is 0 Å². The Labute approximate surface area is 158 Å². The van der Waals surface area contributed by atoms with Crippen LogP contribution in [0.25, 0.3) is 0 Å². The molecule has 10 nitrogen and oxygen atoms in total. The number of carbonyl (C=O) groups is 2. The van der Waals surface area contributed by atoms with Gasteiger partial charge in [-0.1, -0.05) is 24.3 Å². The van der Waals surface area contributed by atoms with E-state index in [9.17, 15) is 29.8 Å². The number of imide groups is 1. The summed E-state index contributed by atoms with van der Waals surface area (Å²) in [6, 6.07) is 9.13. The molecule has 0 radical (unpaired) electrons. The van der Waals surface area contributed by atoms with Crippen LogP contribution < -0.4 is 10.6 Å². The zero-order valence-corrected chi connectivity index (χ0v) is 14.6. The predicted molar refractivity (Wildman–Crippen MR) is 97.9 cm³/mol. The van der Waals surface area contributed by atoms with Crippen molar-refractivity contribution in [1.82, 2.24) is 10.6 Å². The molecule has 28 heavy (non-hydrogen) atoms. The summed E-state index contributed by atoms with van der Waals surface area (Å²) in [5.41, 5.74) is 0.532. The first kappa shape index (κ1) is 19.0. The predicted octanol–water partition coefficient (Wildman–Crippen LogP) is 3.02. The summed E-state index contributed by atoms with van der Waals surface area (Å²) < 4.78 is 0. The van der Waals surface area contributed by atoms with Gasteiger partial charge in [-0.3, -0.25) is 30.3 Å². The Morgan fingerprint density at radius 2 is 1.64 bits per heavy atom. The Bertz CT molecular complexity index is 942. The molecule has 0 aliphatic heterocycles. The number of nitro groups is 2. The Morgan fingerprint density at radius 1 is 1.00 bits per heavy atom. The molecule has 1 atom stereocenters. The zero-order valence-electron chi connectivity index (χ0n) is 14.6. The molecule has 144 valence electrons. The van der Waals surface area contributed by atoms with Gasteiger partial charge >= 0.3 is 6.03 Å². The Hall–Kier alpha value is -3.82. The third kappa shape index (κ3) is 4.11. The zero-order chi connectivity index (χ0) is 20.3. The topological polar surface area (TPSA) is 144 Å². The van der Waals surface area contributed by atoms with Crippen LogP contribution in [-0.4, -0.2) is 21.8 Å². The average molecular weight is 384 g/mol. The van der Waals surface area contributed by atoms with Crippen molar-refractivity contribution in [2.75, 3.05) is 0 Å². The lowest BCUT2D eigenvalue weighted by Crippen LogP contribution is -2.42. The van der Waals surface area contributed by atoms with E-state index in [1.54, 1.807) is 0 Å². The lowest BCUT2D eigenvalue weighted by Gasteiger charge is -2.26. The van der Waals surface area contributed by atoms with Crippen molar-refractivity contribution in [3.63, 3.8) is 0 Å². The number of fused-ring (bicyclic) bond motifs is 1. The number of amides is 3. The molecule has 0 bridgehead atoms. The minimum atomic E-state index is -0.964. The molecule has 0 saturated carbocycles. The lowest BCUT2D eigenvalue weighted by atomic mass is 9.88. The number of non-ortho nitro benzene ring substituents is 2. The van der Waals surface area contributed by atoms with Crippen molar-refractivity contribution >= 4 is 23.3 Å². The molecule has 2 aromatic rings. The highest BCUT2D eigenvalue weighted by Gasteiger charge is 2.24. The summed E-state index contributed by atoms with van der Waals surface area (Å²) >= 11 is 0. The summed E-state index contributed by atoms with van der Waals surface area (Å²) in [6.07, 6.45) is 2.50. The Balaban J connectivity index is 1.74. The minimum Gasteiger partial charge on any atom is -0.331 e. The van der Waals surface area contributed by atoms with Gasteiger partial charge in [0.15, 0.2) is 0 Å². The lowest BCUT2D eigenvalue weighted by molar-refractivity contribution is -0.394. The van der Waals surface area contributed by atoms with Crippen molar-refractivity contribution in [1.29, 1.82) is 0 Å². The van der Waals surface area contributed by atoms with Gasteiger partial charge in [-0.15, -0.1) is 0 Å². The molecule has 3 amide bonds. The summed E-state index contributed by atoms with van der Waals surface area (Å²) in [7, 11) is 0. The highest BCUT2D eigenvalue weighted by molar-refractivity contribution is 6.05. The largest absolute Gasteiger partial charge is 0.331 e. The van der Waals surface area contributed by atoms with Gasteiger partial charge in [0.05, 0.1) is 27.5 Å². The van der Waals surface area contributed by atoms with Crippen LogP contribution in [0.15, 0.2) is 42.5 Å². The fourth-order valence-electron chi connectivity index (χ4n) is 3.21. The highest BCUT2D eigenvalue weighted by Crippen LogP contribution is 2.29. The number of hydrogen-bond donors (Lipinski definition) is 2. The summed E-state index contributed by atoms with van der Waals surface area (Å²) in [5, 5.41) is 26.6. The summed E-state index contributed by atoms with van der Waals surface area (Å²) in [4.78, 5) is 44.7. The third-order valence-corrected chi connectivity index (χ3v) is 4.49. The monoisotopic (exact) mass is 384 g/mol. The van der Waals surface area contributed by atoms with Crippen LogP contribution in [0.2, 0.25) is 0 Å². The SMILES string of the molecule is O=C(NC(=O)c1cc([N+](=O)[O-])cc([N+](=O)[O-])c1)NC1CCCc2ccccc21. The quantitative estimate of drug-likeness (QED) is 0.612. The van der Waals surface area contributed by atoms with Gasteiger partial charge in [0.25, 0.3) is 17.3 Å². The molecule has 1 aliphatic carbocycles. The van der Waals surface area contributed by atoms with Crippen LogP contribution in [0.4, 0.5) is 16.2 Å². The van der Waals surface area contributed by atoms with E-state index in [0.29, 0.717) is 6.42 Å². The Morgan fingerprint density at radius 3 is 2.29 bits per heavy atom. The van der Waals surface area contributed by atoms with Crippen molar-refractivity contribution in [3.05, 3.63) is 79.4 Å². The van der Waals surface area contributed by atoms with Crippen LogP contribution in [0.3, 0.4) is 0 Å². The van der Waals surface area contributed by atoms with Gasteiger partial charge in [0.1, 0.15) is 0 Å².